The van der Waals surface area contributed by atoms with Crippen LogP contribution in [0.25, 0.3) is 0 Å². The first-order valence-corrected chi connectivity index (χ1v) is 6.57. The highest BCUT2D eigenvalue weighted by molar-refractivity contribution is 9.28. The lowest BCUT2D eigenvalue weighted by Gasteiger charge is -2.18. The van der Waals surface area contributed by atoms with Gasteiger partial charge in [-0.25, -0.2) is 4.39 Å². The van der Waals surface area contributed by atoms with Gasteiger partial charge in [0.15, 0.2) is 0 Å². The van der Waals surface area contributed by atoms with Gasteiger partial charge in [0, 0.05) is 12.7 Å². The molecule has 0 spiro atoms. The molecule has 1 aromatic rings. The summed E-state index contributed by atoms with van der Waals surface area (Å²) in [7, 11) is 1.69. The zero-order chi connectivity index (χ0) is 12.8. The number of carbonyl (C=O) groups is 1. The lowest BCUT2D eigenvalue weighted by atomic mass is 9.84. The Morgan fingerprint density at radius 2 is 2.12 bits per heavy atom. The summed E-state index contributed by atoms with van der Waals surface area (Å²) < 4.78 is 14.0. The van der Waals surface area contributed by atoms with E-state index in [-0.39, 0.29) is 11.7 Å². The van der Waals surface area contributed by atoms with E-state index < -0.39 is 5.41 Å². The van der Waals surface area contributed by atoms with Crippen LogP contribution in [0.1, 0.15) is 12.5 Å². The Labute approximate surface area is 116 Å². The number of benzene rings is 1. The van der Waals surface area contributed by atoms with Crippen molar-refractivity contribution < 1.29 is 9.18 Å². The van der Waals surface area contributed by atoms with Crippen LogP contribution < -0.4 is 4.90 Å². The summed E-state index contributed by atoms with van der Waals surface area (Å²) >= 11 is 6.50. The molecular weight excluding hydrogens is 353 g/mol. The number of rotatable bonds is 1. The maximum Gasteiger partial charge on any atom is 0.241 e. The summed E-state index contributed by atoms with van der Waals surface area (Å²) in [6.07, 6.45) is 1.73. The Bertz CT molecular complexity index is 525. The van der Waals surface area contributed by atoms with Crippen LogP contribution in [0.3, 0.4) is 0 Å². The second-order valence-corrected chi connectivity index (χ2v) is 6.93. The van der Waals surface area contributed by atoms with Crippen molar-refractivity contribution in [3.8, 4) is 0 Å². The summed E-state index contributed by atoms with van der Waals surface area (Å²) in [6, 6.07) is 4.40. The average molecular weight is 363 g/mol. The maximum absolute atomic E-state index is 13.3. The van der Waals surface area contributed by atoms with E-state index in [0.717, 1.165) is 5.69 Å². The smallest absolute Gasteiger partial charge is 0.241 e. The van der Waals surface area contributed by atoms with Gasteiger partial charge in [-0.2, -0.15) is 0 Å². The number of carbonyl (C=O) groups excluding carboxylic acids is 1. The Hall–Kier alpha value is -0.680. The monoisotopic (exact) mass is 361 g/mol. The molecule has 17 heavy (non-hydrogen) atoms. The largest absolute Gasteiger partial charge is 0.314 e. The first kappa shape index (κ1) is 12.8. The molecule has 90 valence electrons. The van der Waals surface area contributed by atoms with Gasteiger partial charge >= 0.3 is 0 Å². The molecule has 0 aromatic heterocycles. The number of fused-ring (bicyclic) bond motifs is 1. The molecule has 2 nitrogen and oxygen atoms in total. The molecule has 2 rings (SSSR count). The molecule has 5 heteroatoms. The molecule has 1 aliphatic heterocycles. The molecule has 0 radical (unpaired) electrons. The Balaban J connectivity index is 2.69. The van der Waals surface area contributed by atoms with E-state index in [4.69, 9.17) is 0 Å². The van der Waals surface area contributed by atoms with Crippen LogP contribution in [0.15, 0.2) is 27.7 Å². The van der Waals surface area contributed by atoms with Gasteiger partial charge in [0.1, 0.15) is 5.82 Å². The van der Waals surface area contributed by atoms with Crippen molar-refractivity contribution in [3.63, 3.8) is 0 Å². The third kappa shape index (κ3) is 1.95. The molecular formula is C12H10Br2FNO. The van der Waals surface area contributed by atoms with Gasteiger partial charge in [-0.3, -0.25) is 4.79 Å². The lowest BCUT2D eigenvalue weighted by molar-refractivity contribution is -0.120. The predicted octanol–water partition coefficient (Wildman–Crippen LogP) is 3.69. The molecule has 0 saturated heterocycles. The van der Waals surface area contributed by atoms with Gasteiger partial charge in [0.2, 0.25) is 5.91 Å². The highest BCUT2D eigenvalue weighted by Gasteiger charge is 2.44. The molecule has 0 N–H and O–H groups in total. The zero-order valence-electron chi connectivity index (χ0n) is 9.30. The van der Waals surface area contributed by atoms with Gasteiger partial charge in [-0.05, 0) is 68.6 Å². The summed E-state index contributed by atoms with van der Waals surface area (Å²) in [5, 5.41) is 0. The number of likely N-dealkylation sites (N-methyl/N-ethyl adjacent to an activating group) is 1. The van der Waals surface area contributed by atoms with E-state index >= 15 is 0 Å². The SMILES string of the molecule is CN1C(=O)C(C)(C=C(Br)Br)c2cc(F)ccc21. The van der Waals surface area contributed by atoms with Crippen LogP contribution in [0.2, 0.25) is 0 Å². The molecule has 1 aromatic carbocycles. The predicted molar refractivity (Wildman–Crippen MR) is 73.1 cm³/mol. The minimum absolute atomic E-state index is 0.0745. The first-order valence-electron chi connectivity index (χ1n) is 4.98. The molecule has 1 aliphatic rings. The third-order valence-corrected chi connectivity index (χ3v) is 3.48. The van der Waals surface area contributed by atoms with E-state index in [9.17, 15) is 9.18 Å². The van der Waals surface area contributed by atoms with Gasteiger partial charge in [0.05, 0.1) is 8.81 Å². The molecule has 1 amide bonds. The second-order valence-electron chi connectivity index (χ2n) is 4.16. The number of hydrogen-bond donors (Lipinski definition) is 0. The van der Waals surface area contributed by atoms with Gasteiger partial charge < -0.3 is 4.90 Å². The van der Waals surface area contributed by atoms with E-state index in [0.29, 0.717) is 8.96 Å². The van der Waals surface area contributed by atoms with E-state index in [1.165, 1.54) is 12.1 Å². The van der Waals surface area contributed by atoms with Crippen molar-refractivity contribution in [2.24, 2.45) is 0 Å². The van der Waals surface area contributed by atoms with Crippen molar-refractivity contribution in [1.82, 2.24) is 0 Å². The number of nitrogens with zero attached hydrogens (tertiary/aromatic N) is 1. The zero-order valence-corrected chi connectivity index (χ0v) is 12.5. The molecule has 0 bridgehead atoms. The first-order chi connectivity index (χ1) is 7.86. The number of halogens is 3. The van der Waals surface area contributed by atoms with Crippen LogP contribution >= 0.6 is 31.9 Å². The third-order valence-electron chi connectivity index (χ3n) is 3.03. The molecule has 0 fully saturated rings. The quantitative estimate of drug-likeness (QED) is 0.746. The fourth-order valence-corrected chi connectivity index (χ4v) is 3.06. The van der Waals surface area contributed by atoms with Gasteiger partial charge in [-0.1, -0.05) is 0 Å². The van der Waals surface area contributed by atoms with Crippen LogP contribution in [0, 0.1) is 5.82 Å². The Morgan fingerprint density at radius 1 is 1.47 bits per heavy atom. The topological polar surface area (TPSA) is 20.3 Å². The van der Waals surface area contributed by atoms with E-state index in [1.54, 1.807) is 31.0 Å². The standard InChI is InChI=1S/C12H10Br2FNO/c1-12(6-10(13)14)8-5-7(15)3-4-9(8)16(2)11(12)17/h3-6H,1-2H3. The van der Waals surface area contributed by atoms with E-state index in [2.05, 4.69) is 31.9 Å². The average Bonchev–Trinajstić information content (AvgIpc) is 2.41. The van der Waals surface area contributed by atoms with Crippen LogP contribution in [-0.2, 0) is 10.2 Å². The fraction of sp³-hybridized carbons (Fsp3) is 0.250. The van der Waals surface area contributed by atoms with Gasteiger partial charge in [0.25, 0.3) is 0 Å². The molecule has 0 saturated carbocycles. The number of amides is 1. The highest BCUT2D eigenvalue weighted by Crippen LogP contribution is 2.43. The van der Waals surface area contributed by atoms with Crippen molar-refractivity contribution in [2.75, 3.05) is 11.9 Å². The molecule has 1 unspecified atom stereocenters. The lowest BCUT2D eigenvalue weighted by Crippen LogP contribution is -2.34. The second kappa shape index (κ2) is 4.21. The van der Waals surface area contributed by atoms with Crippen molar-refractivity contribution in [1.29, 1.82) is 0 Å². The number of anilines is 1. The van der Waals surface area contributed by atoms with Crippen molar-refractivity contribution in [2.45, 2.75) is 12.3 Å². The summed E-state index contributed by atoms with van der Waals surface area (Å²) in [5.74, 6) is -0.410. The normalized spacial score (nSPS) is 22.6. The molecule has 1 heterocycles. The summed E-state index contributed by atoms with van der Waals surface area (Å²) in [4.78, 5) is 13.8. The van der Waals surface area contributed by atoms with Crippen LogP contribution in [-0.4, -0.2) is 13.0 Å². The van der Waals surface area contributed by atoms with E-state index in [1.807, 2.05) is 0 Å². The highest BCUT2D eigenvalue weighted by atomic mass is 79.9. The van der Waals surface area contributed by atoms with Crippen molar-refractivity contribution >= 4 is 43.5 Å². The maximum atomic E-state index is 13.3. The summed E-state index contributed by atoms with van der Waals surface area (Å²) in [5.41, 5.74) is 0.590. The number of hydrogen-bond acceptors (Lipinski definition) is 1. The minimum atomic E-state index is -0.839. The summed E-state index contributed by atoms with van der Waals surface area (Å²) in [6.45, 7) is 1.78. The van der Waals surface area contributed by atoms with Crippen molar-refractivity contribution in [3.05, 3.63) is 39.0 Å². The van der Waals surface area contributed by atoms with Gasteiger partial charge in [-0.15, -0.1) is 0 Å². The fourth-order valence-electron chi connectivity index (χ4n) is 2.15. The van der Waals surface area contributed by atoms with Crippen LogP contribution in [0.4, 0.5) is 10.1 Å². The molecule has 0 aliphatic carbocycles. The van der Waals surface area contributed by atoms with Crippen LogP contribution in [0.5, 0.6) is 0 Å². The Kier molecular flexibility index (Phi) is 3.16. The Morgan fingerprint density at radius 3 is 2.71 bits per heavy atom. The molecule has 1 atom stereocenters. The minimum Gasteiger partial charge on any atom is -0.314 e.